The molecule has 0 unspecified atom stereocenters. The third-order valence-corrected chi connectivity index (χ3v) is 0.304. The first-order valence-electron chi connectivity index (χ1n) is 1.58. The molecule has 0 aliphatic carbocycles. The average Bonchev–Trinajstić information content (AvgIpc) is 1.41. The molecule has 0 nitrogen and oxygen atoms in total. The van der Waals surface area contributed by atoms with Gasteiger partial charge in [0.2, 0.25) is 0 Å². The second-order valence-corrected chi connectivity index (χ2v) is 0.718. The van der Waals surface area contributed by atoms with Gasteiger partial charge in [-0.3, -0.25) is 6.58 Å². The molecular weight excluding hydrogens is 161 g/mol. The molecule has 6 heavy (non-hydrogen) atoms. The van der Waals surface area contributed by atoms with Crippen molar-refractivity contribution in [3.05, 3.63) is 24.8 Å². The summed E-state index contributed by atoms with van der Waals surface area (Å²) in [7, 11) is 0. The summed E-state index contributed by atoms with van der Waals surface area (Å²) in [5.74, 6) is 0. The second-order valence-electron chi connectivity index (χ2n) is 0.718. The van der Waals surface area contributed by atoms with Crippen molar-refractivity contribution in [2.45, 2.75) is 6.92 Å². The minimum absolute atomic E-state index is 0. The van der Waals surface area contributed by atoms with E-state index in [-0.39, 0.29) is 19.5 Å². The molecule has 0 fully saturated rings. The standard InChI is InChI=1S/C5H7.Ru/c1-3-5-4-2;/h1,3-5H,2H3;/q-1;+1. The summed E-state index contributed by atoms with van der Waals surface area (Å²) in [4.78, 5) is 0. The van der Waals surface area contributed by atoms with Gasteiger partial charge in [0.25, 0.3) is 0 Å². The van der Waals surface area contributed by atoms with E-state index in [9.17, 15) is 0 Å². The van der Waals surface area contributed by atoms with Crippen LogP contribution in [0.2, 0.25) is 0 Å². The quantitative estimate of drug-likeness (QED) is 0.316. The molecule has 0 aliphatic rings. The Balaban J connectivity index is 0. The summed E-state index contributed by atoms with van der Waals surface area (Å²) in [5.41, 5.74) is 0. The van der Waals surface area contributed by atoms with Gasteiger partial charge < -0.3 is 0 Å². The smallest absolute Gasteiger partial charge is 0.293 e. The molecule has 0 amide bonds. The fraction of sp³-hybridized carbons (Fsp3) is 0.200. The predicted octanol–water partition coefficient (Wildman–Crippen LogP) is 1.55. The molecule has 35 valence electrons. The molecular formula is C5H7Ru. The second kappa shape index (κ2) is 8.92. The molecule has 0 spiro atoms. The van der Waals surface area contributed by atoms with Gasteiger partial charge in [-0.1, -0.05) is 6.92 Å². The van der Waals surface area contributed by atoms with E-state index in [1.807, 2.05) is 13.0 Å². The van der Waals surface area contributed by atoms with Crippen LogP contribution in [-0.4, -0.2) is 0 Å². The molecule has 0 heterocycles. The summed E-state index contributed by atoms with van der Waals surface area (Å²) >= 11 is 0. The molecule has 0 atom stereocenters. The number of hydrogen-bond donors (Lipinski definition) is 0. The van der Waals surface area contributed by atoms with Crippen molar-refractivity contribution in [3.8, 4) is 0 Å². The summed E-state index contributed by atoms with van der Waals surface area (Å²) < 4.78 is 0. The molecule has 1 radical (unpaired) electrons. The third-order valence-electron chi connectivity index (χ3n) is 0.304. The number of hydrogen-bond acceptors (Lipinski definition) is 0. The molecule has 0 aromatic rings. The Kier molecular flexibility index (Phi) is 14.0. The van der Waals surface area contributed by atoms with Crippen LogP contribution in [0.5, 0.6) is 0 Å². The van der Waals surface area contributed by atoms with Crippen molar-refractivity contribution in [1.29, 1.82) is 0 Å². The van der Waals surface area contributed by atoms with Crippen LogP contribution >= 0.6 is 0 Å². The molecule has 0 bridgehead atoms. The summed E-state index contributed by atoms with van der Waals surface area (Å²) in [6.45, 7) is 6.85. The topological polar surface area (TPSA) is 0 Å². The molecule has 0 aliphatic heterocycles. The monoisotopic (exact) mass is 169 g/mol. The van der Waals surface area contributed by atoms with Gasteiger partial charge in [-0.25, -0.2) is 12.2 Å². The van der Waals surface area contributed by atoms with Crippen LogP contribution in [0.15, 0.2) is 18.2 Å². The predicted molar refractivity (Wildman–Crippen MR) is 23.7 cm³/mol. The minimum Gasteiger partial charge on any atom is -0.293 e. The summed E-state index contributed by atoms with van der Waals surface area (Å²) in [5, 5.41) is 0. The van der Waals surface area contributed by atoms with Crippen molar-refractivity contribution < 1.29 is 19.5 Å². The van der Waals surface area contributed by atoms with Crippen molar-refractivity contribution in [2.24, 2.45) is 0 Å². The first kappa shape index (κ1) is 9.44. The maximum atomic E-state index is 4.93. The molecule has 0 rings (SSSR count). The van der Waals surface area contributed by atoms with Crippen molar-refractivity contribution in [3.63, 3.8) is 0 Å². The largest absolute Gasteiger partial charge is 1.00 e. The molecule has 0 aromatic carbocycles. The Morgan fingerprint density at radius 2 is 2.00 bits per heavy atom. The van der Waals surface area contributed by atoms with Crippen LogP contribution in [0, 0.1) is 6.58 Å². The van der Waals surface area contributed by atoms with Gasteiger partial charge in [0.1, 0.15) is 0 Å². The van der Waals surface area contributed by atoms with E-state index < -0.39 is 0 Å². The van der Waals surface area contributed by atoms with E-state index in [1.165, 1.54) is 6.08 Å². The number of allylic oxidation sites excluding steroid dienone is 3. The van der Waals surface area contributed by atoms with Gasteiger partial charge in [0, 0.05) is 0 Å². The zero-order valence-electron chi connectivity index (χ0n) is 3.66. The third kappa shape index (κ3) is 8.93. The van der Waals surface area contributed by atoms with E-state index in [0.29, 0.717) is 0 Å². The van der Waals surface area contributed by atoms with Crippen LogP contribution in [0.25, 0.3) is 0 Å². The SMILES string of the molecule is [CH-]=CC=CC.[Ru+]. The Labute approximate surface area is 51.7 Å². The minimum atomic E-state index is 0. The molecule has 0 aromatic heterocycles. The fourth-order valence-electron chi connectivity index (χ4n) is 0.111. The zero-order chi connectivity index (χ0) is 4.12. The Hall–Kier alpha value is 0.103. The number of rotatable bonds is 1. The first-order valence-corrected chi connectivity index (χ1v) is 1.58. The van der Waals surface area contributed by atoms with Gasteiger partial charge in [0.05, 0.1) is 0 Å². The van der Waals surface area contributed by atoms with Crippen molar-refractivity contribution >= 4 is 0 Å². The van der Waals surface area contributed by atoms with Crippen LogP contribution in [-0.2, 0) is 19.5 Å². The van der Waals surface area contributed by atoms with Crippen molar-refractivity contribution in [1.82, 2.24) is 0 Å². The first-order chi connectivity index (χ1) is 2.41. The Morgan fingerprint density at radius 1 is 1.50 bits per heavy atom. The normalized spacial score (nSPS) is 7.50. The van der Waals surface area contributed by atoms with E-state index in [1.54, 1.807) is 6.08 Å². The van der Waals surface area contributed by atoms with E-state index in [2.05, 4.69) is 0 Å². The van der Waals surface area contributed by atoms with E-state index in [4.69, 9.17) is 6.58 Å². The summed E-state index contributed by atoms with van der Waals surface area (Å²) in [6, 6.07) is 0. The fourth-order valence-corrected chi connectivity index (χ4v) is 0.111. The van der Waals surface area contributed by atoms with E-state index >= 15 is 0 Å². The molecule has 1 heteroatoms. The average molecular weight is 168 g/mol. The van der Waals surface area contributed by atoms with Gasteiger partial charge in [-0.15, -0.1) is 0 Å². The Bertz CT molecular complexity index is 45.9. The van der Waals surface area contributed by atoms with Crippen LogP contribution in [0.3, 0.4) is 0 Å². The Morgan fingerprint density at radius 3 is 2.00 bits per heavy atom. The molecule has 0 saturated carbocycles. The van der Waals surface area contributed by atoms with Gasteiger partial charge in [-0.05, 0) is 0 Å². The zero-order valence-corrected chi connectivity index (χ0v) is 5.40. The van der Waals surface area contributed by atoms with Crippen LogP contribution in [0.1, 0.15) is 6.92 Å². The molecule has 0 N–H and O–H groups in total. The van der Waals surface area contributed by atoms with Crippen LogP contribution in [0.4, 0.5) is 0 Å². The van der Waals surface area contributed by atoms with Crippen LogP contribution < -0.4 is 0 Å². The van der Waals surface area contributed by atoms with E-state index in [0.717, 1.165) is 0 Å². The van der Waals surface area contributed by atoms with Crippen molar-refractivity contribution in [2.75, 3.05) is 0 Å². The maximum Gasteiger partial charge on any atom is 1.00 e. The van der Waals surface area contributed by atoms with Gasteiger partial charge in [-0.2, -0.15) is 6.08 Å². The summed E-state index contributed by atoms with van der Waals surface area (Å²) in [6.07, 6.45) is 5.15. The van der Waals surface area contributed by atoms with Gasteiger partial charge in [0.15, 0.2) is 0 Å². The van der Waals surface area contributed by atoms with Gasteiger partial charge >= 0.3 is 19.5 Å². The maximum absolute atomic E-state index is 4.93. The molecule has 0 saturated heterocycles.